The molecule has 0 aromatic heterocycles. The maximum Gasteiger partial charge on any atom is 0.341 e. The molecule has 26 heavy (non-hydrogen) atoms. The molecule has 5 nitrogen and oxygen atoms in total. The molecule has 0 spiro atoms. The average molecular weight is 385 g/mol. The Kier molecular flexibility index (Phi) is 5.70. The van der Waals surface area contributed by atoms with Crippen LogP contribution in [-0.2, 0) is 16.1 Å². The van der Waals surface area contributed by atoms with Crippen molar-refractivity contribution in [1.82, 2.24) is 4.90 Å². The maximum atomic E-state index is 12.7. The van der Waals surface area contributed by atoms with Crippen molar-refractivity contribution in [3.63, 3.8) is 0 Å². The first-order valence-electron chi connectivity index (χ1n) is 7.77. The lowest BCUT2D eigenvalue weighted by molar-refractivity contribution is -0.139. The van der Waals surface area contributed by atoms with Gasteiger partial charge in [-0.2, -0.15) is 0 Å². The Morgan fingerprint density at radius 1 is 1.15 bits per heavy atom. The van der Waals surface area contributed by atoms with Gasteiger partial charge < -0.3 is 9.84 Å². The van der Waals surface area contributed by atoms with Gasteiger partial charge in [0.05, 0.1) is 11.4 Å². The third-order valence-electron chi connectivity index (χ3n) is 3.61. The third-order valence-corrected chi connectivity index (χ3v) is 4.99. The van der Waals surface area contributed by atoms with Crippen molar-refractivity contribution in [2.24, 2.45) is 0 Å². The van der Waals surface area contributed by atoms with Crippen molar-refractivity contribution >= 4 is 46.3 Å². The fourth-order valence-electron chi connectivity index (χ4n) is 2.41. The standard InChI is InChI=1S/C19H15NO4S2/c21-17(22)12-24-15-9-5-4-8-14(15)10-16-18(23)20(19(25)26-16)11-13-6-2-1-3-7-13/h1-10H,11-12H2,(H,21,22)/b16-10-. The molecule has 2 aromatic carbocycles. The Hall–Kier alpha value is -2.64. The van der Waals surface area contributed by atoms with E-state index in [-0.39, 0.29) is 5.91 Å². The molecule has 1 saturated heterocycles. The molecule has 1 fully saturated rings. The summed E-state index contributed by atoms with van der Waals surface area (Å²) in [5.74, 6) is -0.825. The number of carbonyl (C=O) groups is 2. The zero-order valence-corrected chi connectivity index (χ0v) is 15.3. The molecule has 0 saturated carbocycles. The molecule has 7 heteroatoms. The van der Waals surface area contributed by atoms with Gasteiger partial charge in [0.25, 0.3) is 5.91 Å². The minimum atomic E-state index is -1.06. The molecule has 132 valence electrons. The van der Waals surface area contributed by atoms with Gasteiger partial charge in [-0.15, -0.1) is 0 Å². The summed E-state index contributed by atoms with van der Waals surface area (Å²) < 4.78 is 5.78. The fourth-order valence-corrected chi connectivity index (χ4v) is 3.66. The number of thioether (sulfide) groups is 1. The van der Waals surface area contributed by atoms with E-state index in [0.29, 0.717) is 27.1 Å². The molecule has 2 aromatic rings. The molecule has 1 N–H and O–H groups in total. The molecular weight excluding hydrogens is 370 g/mol. The number of benzene rings is 2. The normalized spacial score (nSPS) is 15.5. The highest BCUT2D eigenvalue weighted by atomic mass is 32.2. The predicted molar refractivity (Wildman–Crippen MR) is 105 cm³/mol. The van der Waals surface area contributed by atoms with E-state index in [1.54, 1.807) is 35.2 Å². The van der Waals surface area contributed by atoms with Crippen LogP contribution in [0.5, 0.6) is 5.75 Å². The van der Waals surface area contributed by atoms with Gasteiger partial charge in [0.15, 0.2) is 6.61 Å². The van der Waals surface area contributed by atoms with E-state index in [4.69, 9.17) is 22.1 Å². The first-order valence-corrected chi connectivity index (χ1v) is 9.00. The summed E-state index contributed by atoms with van der Waals surface area (Å²) in [7, 11) is 0. The highest BCUT2D eigenvalue weighted by Crippen LogP contribution is 2.35. The number of aliphatic carboxylic acids is 1. The van der Waals surface area contributed by atoms with Crippen LogP contribution < -0.4 is 4.74 Å². The number of hydrogen-bond acceptors (Lipinski definition) is 5. The Bertz CT molecular complexity index is 880. The Labute approximate surface area is 160 Å². The molecule has 0 atom stereocenters. The molecule has 1 aliphatic rings. The lowest BCUT2D eigenvalue weighted by Crippen LogP contribution is -2.27. The van der Waals surface area contributed by atoms with E-state index in [9.17, 15) is 9.59 Å². The first kappa shape index (κ1) is 18.2. The highest BCUT2D eigenvalue weighted by Gasteiger charge is 2.32. The summed E-state index contributed by atoms with van der Waals surface area (Å²) >= 11 is 6.57. The average Bonchev–Trinajstić information content (AvgIpc) is 2.89. The Morgan fingerprint density at radius 2 is 1.85 bits per heavy atom. The molecule has 0 radical (unpaired) electrons. The minimum absolute atomic E-state index is 0.170. The van der Waals surface area contributed by atoms with E-state index >= 15 is 0 Å². The van der Waals surface area contributed by atoms with Crippen LogP contribution in [0.4, 0.5) is 0 Å². The SMILES string of the molecule is O=C(O)COc1ccccc1/C=C1\SC(=S)N(Cc2ccccc2)C1=O. The van der Waals surface area contributed by atoms with Gasteiger partial charge >= 0.3 is 5.97 Å². The zero-order chi connectivity index (χ0) is 18.5. The van der Waals surface area contributed by atoms with Gasteiger partial charge in [0, 0.05) is 5.56 Å². The van der Waals surface area contributed by atoms with E-state index in [0.717, 1.165) is 5.56 Å². The van der Waals surface area contributed by atoms with Gasteiger partial charge in [-0.3, -0.25) is 9.69 Å². The molecule has 1 aliphatic heterocycles. The van der Waals surface area contributed by atoms with Crippen molar-refractivity contribution in [3.8, 4) is 5.75 Å². The monoisotopic (exact) mass is 385 g/mol. The number of carboxylic acid groups (broad SMARTS) is 1. The zero-order valence-electron chi connectivity index (χ0n) is 13.6. The summed E-state index contributed by atoms with van der Waals surface area (Å²) in [4.78, 5) is 25.5. The summed E-state index contributed by atoms with van der Waals surface area (Å²) in [5.41, 5.74) is 1.63. The number of thiocarbonyl (C=S) groups is 1. The lowest BCUT2D eigenvalue weighted by Gasteiger charge is -2.14. The molecular formula is C19H15NO4S2. The minimum Gasteiger partial charge on any atom is -0.481 e. The van der Waals surface area contributed by atoms with Crippen molar-refractivity contribution in [1.29, 1.82) is 0 Å². The van der Waals surface area contributed by atoms with Crippen LogP contribution in [0, 0.1) is 0 Å². The molecule has 0 aliphatic carbocycles. The molecule has 1 heterocycles. The fraction of sp³-hybridized carbons (Fsp3) is 0.105. The number of para-hydroxylation sites is 1. The van der Waals surface area contributed by atoms with Gasteiger partial charge in [0.1, 0.15) is 10.1 Å². The van der Waals surface area contributed by atoms with Crippen LogP contribution in [0.1, 0.15) is 11.1 Å². The summed E-state index contributed by atoms with van der Waals surface area (Å²) in [6.45, 7) is -0.0279. The van der Waals surface area contributed by atoms with Crippen LogP contribution in [0.25, 0.3) is 6.08 Å². The smallest absolute Gasteiger partial charge is 0.341 e. The van der Waals surface area contributed by atoms with Crippen molar-refractivity contribution in [3.05, 3.63) is 70.6 Å². The van der Waals surface area contributed by atoms with Crippen molar-refractivity contribution in [2.45, 2.75) is 6.54 Å². The highest BCUT2D eigenvalue weighted by molar-refractivity contribution is 8.26. The molecule has 3 rings (SSSR count). The number of amides is 1. The summed E-state index contributed by atoms with van der Waals surface area (Å²) in [5, 5.41) is 8.78. The van der Waals surface area contributed by atoms with Crippen molar-refractivity contribution < 1.29 is 19.4 Å². The van der Waals surface area contributed by atoms with Crippen molar-refractivity contribution in [2.75, 3.05) is 6.61 Å². The number of nitrogens with zero attached hydrogens (tertiary/aromatic N) is 1. The molecule has 1 amide bonds. The number of carbonyl (C=O) groups excluding carboxylic acids is 1. The quantitative estimate of drug-likeness (QED) is 0.606. The molecule has 0 unspecified atom stereocenters. The van der Waals surface area contributed by atoms with E-state index in [1.807, 2.05) is 30.3 Å². The number of ether oxygens (including phenoxy) is 1. The Morgan fingerprint density at radius 3 is 2.58 bits per heavy atom. The second-order valence-electron chi connectivity index (χ2n) is 5.47. The number of carboxylic acids is 1. The molecule has 0 bridgehead atoms. The van der Waals surface area contributed by atoms with Crippen LogP contribution in [0.2, 0.25) is 0 Å². The number of rotatable bonds is 6. The topological polar surface area (TPSA) is 66.8 Å². The largest absolute Gasteiger partial charge is 0.481 e. The Balaban J connectivity index is 1.81. The van der Waals surface area contributed by atoms with Crippen LogP contribution in [0.3, 0.4) is 0 Å². The van der Waals surface area contributed by atoms with Gasteiger partial charge in [-0.1, -0.05) is 72.5 Å². The maximum absolute atomic E-state index is 12.7. The predicted octanol–water partition coefficient (Wildman–Crippen LogP) is 3.55. The summed E-state index contributed by atoms with van der Waals surface area (Å²) in [6.07, 6.45) is 1.68. The van der Waals surface area contributed by atoms with E-state index in [2.05, 4.69) is 0 Å². The van der Waals surface area contributed by atoms with E-state index in [1.165, 1.54) is 11.8 Å². The van der Waals surface area contributed by atoms with Crippen LogP contribution >= 0.6 is 24.0 Å². The van der Waals surface area contributed by atoms with Crippen LogP contribution in [0.15, 0.2) is 59.5 Å². The second kappa shape index (κ2) is 8.16. The van der Waals surface area contributed by atoms with Gasteiger partial charge in [0.2, 0.25) is 0 Å². The summed E-state index contributed by atoms with van der Waals surface area (Å²) in [6, 6.07) is 16.6. The number of hydrogen-bond donors (Lipinski definition) is 1. The van der Waals surface area contributed by atoms with Gasteiger partial charge in [-0.25, -0.2) is 4.79 Å². The lowest BCUT2D eigenvalue weighted by atomic mass is 10.1. The van der Waals surface area contributed by atoms with Gasteiger partial charge in [-0.05, 0) is 17.7 Å². The van der Waals surface area contributed by atoms with E-state index < -0.39 is 12.6 Å². The third kappa shape index (κ3) is 4.30. The second-order valence-corrected chi connectivity index (χ2v) is 7.15. The van der Waals surface area contributed by atoms with Crippen LogP contribution in [-0.4, -0.2) is 32.8 Å². The first-order chi connectivity index (χ1) is 12.5.